The molecule has 1 saturated heterocycles. The largest absolute Gasteiger partial charge is 0.432 e. The van der Waals surface area contributed by atoms with Crippen LogP contribution in [0.3, 0.4) is 0 Å². The van der Waals surface area contributed by atoms with E-state index < -0.39 is 0 Å². The Kier molecular flexibility index (Phi) is 3.17. The molecule has 0 bridgehead atoms. The van der Waals surface area contributed by atoms with Gasteiger partial charge < -0.3 is 14.6 Å². The Labute approximate surface area is 107 Å². The van der Waals surface area contributed by atoms with Gasteiger partial charge in [-0.3, -0.25) is 0 Å². The fourth-order valence-corrected chi connectivity index (χ4v) is 2.29. The molecule has 0 unspecified atom stereocenters. The van der Waals surface area contributed by atoms with Crippen LogP contribution in [0.15, 0.2) is 41.1 Å². The van der Waals surface area contributed by atoms with E-state index in [0.29, 0.717) is 6.01 Å². The summed E-state index contributed by atoms with van der Waals surface area (Å²) in [6, 6.07) is 9.27. The lowest BCUT2D eigenvalue weighted by atomic mass is 10.2. The van der Waals surface area contributed by atoms with E-state index in [2.05, 4.69) is 39.5 Å². The van der Waals surface area contributed by atoms with Crippen LogP contribution in [0, 0.1) is 0 Å². The van der Waals surface area contributed by atoms with Crippen LogP contribution >= 0.6 is 0 Å². The summed E-state index contributed by atoms with van der Waals surface area (Å²) in [6.45, 7) is 3.11. The van der Waals surface area contributed by atoms with Crippen molar-refractivity contribution in [1.82, 2.24) is 4.98 Å². The summed E-state index contributed by atoms with van der Waals surface area (Å²) in [5.41, 5.74) is 2.56. The number of hydrogen-bond donors (Lipinski definition) is 1. The van der Waals surface area contributed by atoms with Gasteiger partial charge >= 0.3 is 0 Å². The summed E-state index contributed by atoms with van der Waals surface area (Å²) in [6.07, 6.45) is 5.83. The molecule has 1 fully saturated rings. The maximum atomic E-state index is 5.13. The van der Waals surface area contributed by atoms with Crippen molar-refractivity contribution in [2.45, 2.75) is 19.4 Å². The average Bonchev–Trinajstić information content (AvgIpc) is 3.10. The number of hydrogen-bond acceptors (Lipinski definition) is 4. The molecular formula is C14H17N3O. The van der Waals surface area contributed by atoms with Gasteiger partial charge in [0.25, 0.3) is 6.01 Å². The second kappa shape index (κ2) is 5.12. The third kappa shape index (κ3) is 2.47. The number of nitrogens with zero attached hydrogens (tertiary/aromatic N) is 2. The molecule has 4 nitrogen and oxygen atoms in total. The van der Waals surface area contributed by atoms with Gasteiger partial charge in [-0.1, -0.05) is 12.1 Å². The first-order chi connectivity index (χ1) is 8.92. The molecule has 18 heavy (non-hydrogen) atoms. The predicted octanol–water partition coefficient (Wildman–Crippen LogP) is 2.89. The first kappa shape index (κ1) is 11.1. The summed E-state index contributed by atoms with van der Waals surface area (Å²) in [5, 5.41) is 3.14. The summed E-state index contributed by atoms with van der Waals surface area (Å²) in [5.74, 6) is 0. The molecule has 2 aromatic rings. The molecule has 1 aliphatic rings. The van der Waals surface area contributed by atoms with Crippen LogP contribution in [0.5, 0.6) is 0 Å². The molecule has 0 saturated carbocycles. The summed E-state index contributed by atoms with van der Waals surface area (Å²) >= 11 is 0. The van der Waals surface area contributed by atoms with E-state index in [-0.39, 0.29) is 0 Å². The lowest BCUT2D eigenvalue weighted by molar-refractivity contribution is 0.571. The molecule has 1 aliphatic heterocycles. The van der Waals surface area contributed by atoms with Crippen molar-refractivity contribution < 1.29 is 4.42 Å². The van der Waals surface area contributed by atoms with Crippen LogP contribution in [0.25, 0.3) is 0 Å². The van der Waals surface area contributed by atoms with Gasteiger partial charge in [-0.2, -0.15) is 0 Å². The zero-order valence-electron chi connectivity index (χ0n) is 10.3. The molecule has 0 atom stereocenters. The summed E-state index contributed by atoms with van der Waals surface area (Å²) < 4.78 is 5.13. The molecule has 0 spiro atoms. The van der Waals surface area contributed by atoms with Gasteiger partial charge in [-0.15, -0.1) is 0 Å². The minimum atomic E-state index is 0.568. The van der Waals surface area contributed by atoms with Crippen LogP contribution in [0.1, 0.15) is 18.4 Å². The molecule has 1 aromatic carbocycles. The molecule has 1 N–H and O–H groups in total. The number of aromatic nitrogens is 1. The quantitative estimate of drug-likeness (QED) is 0.896. The number of oxazole rings is 1. The standard InChI is InChI=1S/C14H17N3O/c1-2-9-17(8-1)13-5-3-12(4-6-13)11-16-14-15-7-10-18-14/h3-7,10H,1-2,8-9,11H2,(H,15,16). The van der Waals surface area contributed by atoms with Gasteiger partial charge in [0.1, 0.15) is 6.26 Å². The lowest BCUT2D eigenvalue weighted by Crippen LogP contribution is -2.17. The molecular weight excluding hydrogens is 226 g/mol. The van der Waals surface area contributed by atoms with E-state index in [0.717, 1.165) is 6.54 Å². The first-order valence-electron chi connectivity index (χ1n) is 6.39. The second-order valence-electron chi connectivity index (χ2n) is 4.55. The first-order valence-corrected chi connectivity index (χ1v) is 6.39. The van der Waals surface area contributed by atoms with E-state index >= 15 is 0 Å². The van der Waals surface area contributed by atoms with Gasteiger partial charge in [0, 0.05) is 25.3 Å². The van der Waals surface area contributed by atoms with E-state index in [9.17, 15) is 0 Å². The minimum Gasteiger partial charge on any atom is -0.432 e. The van der Waals surface area contributed by atoms with Crippen LogP contribution in [0.4, 0.5) is 11.7 Å². The van der Waals surface area contributed by atoms with Crippen LogP contribution in [0.2, 0.25) is 0 Å². The SMILES string of the molecule is c1coc(NCc2ccc(N3CCCC3)cc2)n1. The zero-order valence-corrected chi connectivity index (χ0v) is 10.3. The Balaban J connectivity index is 1.60. The van der Waals surface area contributed by atoms with E-state index in [4.69, 9.17) is 4.42 Å². The Morgan fingerprint density at radius 1 is 1.17 bits per heavy atom. The smallest absolute Gasteiger partial charge is 0.294 e. The zero-order chi connectivity index (χ0) is 12.2. The van der Waals surface area contributed by atoms with Crippen molar-refractivity contribution in [2.24, 2.45) is 0 Å². The Hall–Kier alpha value is -1.97. The van der Waals surface area contributed by atoms with Crippen LogP contribution in [-0.2, 0) is 6.54 Å². The molecule has 0 amide bonds. The lowest BCUT2D eigenvalue weighted by Gasteiger charge is -2.17. The highest BCUT2D eigenvalue weighted by Gasteiger charge is 2.11. The van der Waals surface area contributed by atoms with Gasteiger partial charge in [-0.25, -0.2) is 4.98 Å². The third-order valence-electron chi connectivity index (χ3n) is 3.28. The number of benzene rings is 1. The fourth-order valence-electron chi connectivity index (χ4n) is 2.29. The highest BCUT2D eigenvalue weighted by Crippen LogP contribution is 2.20. The summed E-state index contributed by atoms with van der Waals surface area (Å²) in [7, 11) is 0. The Morgan fingerprint density at radius 2 is 1.94 bits per heavy atom. The van der Waals surface area contributed by atoms with Crippen molar-refractivity contribution in [3.05, 3.63) is 42.3 Å². The number of anilines is 2. The maximum Gasteiger partial charge on any atom is 0.294 e. The average molecular weight is 243 g/mol. The molecule has 0 aliphatic carbocycles. The van der Waals surface area contributed by atoms with Gasteiger partial charge in [0.05, 0.1) is 6.20 Å². The number of nitrogens with one attached hydrogen (secondary N) is 1. The van der Waals surface area contributed by atoms with E-state index in [1.807, 2.05) is 0 Å². The number of rotatable bonds is 4. The van der Waals surface area contributed by atoms with Crippen LogP contribution < -0.4 is 10.2 Å². The van der Waals surface area contributed by atoms with E-state index in [1.165, 1.54) is 37.2 Å². The second-order valence-corrected chi connectivity index (χ2v) is 4.55. The third-order valence-corrected chi connectivity index (χ3v) is 3.28. The molecule has 2 heterocycles. The normalized spacial score (nSPS) is 15.0. The van der Waals surface area contributed by atoms with Crippen molar-refractivity contribution >= 4 is 11.7 Å². The van der Waals surface area contributed by atoms with Crippen molar-refractivity contribution in [2.75, 3.05) is 23.3 Å². The van der Waals surface area contributed by atoms with E-state index in [1.54, 1.807) is 12.5 Å². The van der Waals surface area contributed by atoms with Crippen molar-refractivity contribution in [3.63, 3.8) is 0 Å². The topological polar surface area (TPSA) is 41.3 Å². The molecule has 94 valence electrons. The van der Waals surface area contributed by atoms with Crippen LogP contribution in [-0.4, -0.2) is 18.1 Å². The van der Waals surface area contributed by atoms with Gasteiger partial charge in [-0.05, 0) is 30.5 Å². The van der Waals surface area contributed by atoms with Crippen molar-refractivity contribution in [3.8, 4) is 0 Å². The molecule has 0 radical (unpaired) electrons. The van der Waals surface area contributed by atoms with Crippen molar-refractivity contribution in [1.29, 1.82) is 0 Å². The highest BCUT2D eigenvalue weighted by molar-refractivity contribution is 5.48. The predicted molar refractivity (Wildman–Crippen MR) is 71.7 cm³/mol. The van der Waals surface area contributed by atoms with Gasteiger partial charge in [0.2, 0.25) is 0 Å². The maximum absolute atomic E-state index is 5.13. The highest BCUT2D eigenvalue weighted by atomic mass is 16.4. The molecule has 3 rings (SSSR count). The summed E-state index contributed by atoms with van der Waals surface area (Å²) in [4.78, 5) is 6.46. The Bertz CT molecular complexity index is 472. The molecule has 1 aromatic heterocycles. The molecule has 4 heteroatoms. The van der Waals surface area contributed by atoms with Gasteiger partial charge in [0.15, 0.2) is 0 Å². The Morgan fingerprint density at radius 3 is 2.61 bits per heavy atom. The fraction of sp³-hybridized carbons (Fsp3) is 0.357. The monoisotopic (exact) mass is 243 g/mol. The minimum absolute atomic E-state index is 0.568.